The van der Waals surface area contributed by atoms with Gasteiger partial charge in [-0.1, -0.05) is 35.9 Å². The summed E-state index contributed by atoms with van der Waals surface area (Å²) in [5.74, 6) is 0. The van der Waals surface area contributed by atoms with Crippen LogP contribution in [-0.2, 0) is 0 Å². The van der Waals surface area contributed by atoms with Gasteiger partial charge in [-0.15, -0.1) is 0 Å². The quantitative estimate of drug-likeness (QED) is 0.807. The highest BCUT2D eigenvalue weighted by Crippen LogP contribution is 2.21. The zero-order chi connectivity index (χ0) is 11.7. The van der Waals surface area contributed by atoms with Gasteiger partial charge in [-0.3, -0.25) is 0 Å². The maximum atomic E-state index is 6.03. The largest absolute Gasteiger partial charge is 0.326 e. The van der Waals surface area contributed by atoms with E-state index in [0.717, 1.165) is 5.56 Å². The van der Waals surface area contributed by atoms with E-state index in [2.05, 4.69) is 43.3 Å². The number of rotatable bonds is 2. The van der Waals surface area contributed by atoms with Crippen LogP contribution in [0.5, 0.6) is 0 Å². The van der Waals surface area contributed by atoms with E-state index in [9.17, 15) is 0 Å². The van der Waals surface area contributed by atoms with Gasteiger partial charge in [0.05, 0.1) is 0 Å². The van der Waals surface area contributed by atoms with Crippen LogP contribution < -0.4 is 11.5 Å². The molecule has 2 unspecified atom stereocenters. The zero-order valence-corrected chi connectivity index (χ0v) is 9.77. The van der Waals surface area contributed by atoms with E-state index in [0.29, 0.717) is 0 Å². The molecule has 0 radical (unpaired) electrons. The number of hydrogen-bond donors (Lipinski definition) is 2. The lowest BCUT2D eigenvalue weighted by molar-refractivity contribution is 0.589. The molecule has 2 rings (SSSR count). The van der Waals surface area contributed by atoms with Crippen molar-refractivity contribution in [1.82, 2.24) is 0 Å². The van der Waals surface area contributed by atoms with Crippen LogP contribution in [-0.4, -0.2) is 6.04 Å². The second-order valence-electron chi connectivity index (χ2n) is 4.49. The van der Waals surface area contributed by atoms with Crippen molar-refractivity contribution in [2.24, 2.45) is 11.5 Å². The Hall–Kier alpha value is -1.38. The Bertz CT molecular complexity index is 503. The van der Waals surface area contributed by atoms with Gasteiger partial charge in [-0.2, -0.15) is 0 Å². The van der Waals surface area contributed by atoms with Gasteiger partial charge in [-0.25, -0.2) is 0 Å². The molecule has 0 saturated carbocycles. The Labute approximate surface area is 96.3 Å². The molecule has 0 heterocycles. The fourth-order valence-corrected chi connectivity index (χ4v) is 1.89. The lowest BCUT2D eigenvalue weighted by atomic mass is 9.98. The van der Waals surface area contributed by atoms with E-state index in [1.165, 1.54) is 16.3 Å². The molecular weight excluding hydrogens is 196 g/mol. The van der Waals surface area contributed by atoms with E-state index >= 15 is 0 Å². The predicted octanol–water partition coefficient (Wildman–Crippen LogP) is 2.50. The molecule has 0 aliphatic heterocycles. The van der Waals surface area contributed by atoms with Gasteiger partial charge in [0.25, 0.3) is 0 Å². The topological polar surface area (TPSA) is 52.0 Å². The summed E-state index contributed by atoms with van der Waals surface area (Å²) in [5, 5.41) is 2.47. The highest BCUT2D eigenvalue weighted by Gasteiger charge is 2.10. The molecule has 0 aliphatic rings. The molecule has 84 valence electrons. The van der Waals surface area contributed by atoms with Gasteiger partial charge in [0.1, 0.15) is 0 Å². The van der Waals surface area contributed by atoms with Gasteiger partial charge in [-0.05, 0) is 36.2 Å². The molecule has 16 heavy (non-hydrogen) atoms. The Balaban J connectivity index is 2.48. The van der Waals surface area contributed by atoms with Crippen LogP contribution in [0.2, 0.25) is 0 Å². The van der Waals surface area contributed by atoms with Gasteiger partial charge in [0, 0.05) is 12.1 Å². The average Bonchev–Trinajstić information content (AvgIpc) is 2.27. The van der Waals surface area contributed by atoms with Crippen molar-refractivity contribution in [1.29, 1.82) is 0 Å². The highest BCUT2D eigenvalue weighted by atomic mass is 14.8. The molecule has 4 N–H and O–H groups in total. The van der Waals surface area contributed by atoms with Crippen molar-refractivity contribution in [2.75, 3.05) is 0 Å². The first kappa shape index (κ1) is 11.1. The van der Waals surface area contributed by atoms with Crippen molar-refractivity contribution in [3.05, 3.63) is 47.5 Å². The molecule has 0 spiro atoms. The minimum Gasteiger partial charge on any atom is -0.326 e. The molecule has 0 amide bonds. The van der Waals surface area contributed by atoms with Crippen LogP contribution in [0.25, 0.3) is 10.8 Å². The van der Waals surface area contributed by atoms with Gasteiger partial charge in [0.2, 0.25) is 0 Å². The zero-order valence-electron chi connectivity index (χ0n) is 9.77. The summed E-state index contributed by atoms with van der Waals surface area (Å²) in [6.07, 6.45) is 0. The summed E-state index contributed by atoms with van der Waals surface area (Å²) in [7, 11) is 0. The van der Waals surface area contributed by atoms with Crippen LogP contribution >= 0.6 is 0 Å². The Morgan fingerprint density at radius 3 is 2.25 bits per heavy atom. The van der Waals surface area contributed by atoms with E-state index in [1.807, 2.05) is 6.92 Å². The minimum absolute atomic E-state index is 0.0251. The van der Waals surface area contributed by atoms with E-state index in [1.54, 1.807) is 0 Å². The average molecular weight is 214 g/mol. The number of nitrogens with two attached hydrogens (primary N) is 2. The first-order chi connectivity index (χ1) is 7.58. The lowest BCUT2D eigenvalue weighted by Crippen LogP contribution is -2.30. The standard InChI is InChI=1S/C14H18N2/c1-9-3-4-12-8-13(14(16)10(2)15)6-5-11(12)7-9/h3-8,10,14H,15-16H2,1-2H3. The number of fused-ring (bicyclic) bond motifs is 1. The second-order valence-corrected chi connectivity index (χ2v) is 4.49. The van der Waals surface area contributed by atoms with Crippen LogP contribution in [0.4, 0.5) is 0 Å². The van der Waals surface area contributed by atoms with E-state index in [4.69, 9.17) is 11.5 Å². The van der Waals surface area contributed by atoms with Gasteiger partial charge in [0.15, 0.2) is 0 Å². The van der Waals surface area contributed by atoms with Crippen LogP contribution in [0.3, 0.4) is 0 Å². The Kier molecular flexibility index (Phi) is 2.95. The van der Waals surface area contributed by atoms with Crippen LogP contribution in [0.1, 0.15) is 24.1 Å². The highest BCUT2D eigenvalue weighted by molar-refractivity contribution is 5.83. The predicted molar refractivity (Wildman–Crippen MR) is 69.3 cm³/mol. The first-order valence-electron chi connectivity index (χ1n) is 5.59. The van der Waals surface area contributed by atoms with E-state index < -0.39 is 0 Å². The molecule has 0 fully saturated rings. The Morgan fingerprint density at radius 1 is 0.938 bits per heavy atom. The molecule has 0 aliphatic carbocycles. The molecule has 2 nitrogen and oxygen atoms in total. The minimum atomic E-state index is -0.0919. The summed E-state index contributed by atoms with van der Waals surface area (Å²) in [4.78, 5) is 0. The van der Waals surface area contributed by atoms with Gasteiger partial charge < -0.3 is 11.5 Å². The molecule has 2 aromatic rings. The molecule has 0 saturated heterocycles. The SMILES string of the molecule is Cc1ccc2cc(C(N)C(C)N)ccc2c1. The maximum Gasteiger partial charge on any atom is 0.0446 e. The molecule has 2 aromatic carbocycles. The number of hydrogen-bond acceptors (Lipinski definition) is 2. The summed E-state index contributed by atoms with van der Waals surface area (Å²) < 4.78 is 0. The molecule has 0 bridgehead atoms. The monoisotopic (exact) mass is 214 g/mol. The number of benzene rings is 2. The van der Waals surface area contributed by atoms with Crippen molar-refractivity contribution >= 4 is 10.8 Å². The third-order valence-corrected chi connectivity index (χ3v) is 2.97. The van der Waals surface area contributed by atoms with Crippen LogP contribution in [0, 0.1) is 6.92 Å². The van der Waals surface area contributed by atoms with E-state index in [-0.39, 0.29) is 12.1 Å². The molecule has 0 aromatic heterocycles. The molecular formula is C14H18N2. The number of aryl methyl sites for hydroxylation is 1. The fourth-order valence-electron chi connectivity index (χ4n) is 1.89. The second kappa shape index (κ2) is 4.24. The van der Waals surface area contributed by atoms with Crippen molar-refractivity contribution in [3.63, 3.8) is 0 Å². The first-order valence-corrected chi connectivity index (χ1v) is 5.59. The van der Waals surface area contributed by atoms with Crippen molar-refractivity contribution < 1.29 is 0 Å². The third-order valence-electron chi connectivity index (χ3n) is 2.97. The summed E-state index contributed by atoms with van der Waals surface area (Å²) in [6, 6.07) is 12.6. The Morgan fingerprint density at radius 2 is 1.56 bits per heavy atom. The normalized spacial score (nSPS) is 15.0. The van der Waals surface area contributed by atoms with Crippen LogP contribution in [0.15, 0.2) is 36.4 Å². The molecule has 2 atom stereocenters. The molecule has 2 heteroatoms. The maximum absolute atomic E-state index is 6.03. The third kappa shape index (κ3) is 2.08. The summed E-state index contributed by atoms with van der Waals surface area (Å²) >= 11 is 0. The summed E-state index contributed by atoms with van der Waals surface area (Å²) in [6.45, 7) is 4.03. The fraction of sp³-hybridized carbons (Fsp3) is 0.286. The lowest BCUT2D eigenvalue weighted by Gasteiger charge is -2.16. The van der Waals surface area contributed by atoms with Crippen molar-refractivity contribution in [2.45, 2.75) is 25.9 Å². The summed E-state index contributed by atoms with van der Waals surface area (Å²) in [5.41, 5.74) is 14.2. The van der Waals surface area contributed by atoms with Gasteiger partial charge >= 0.3 is 0 Å². The smallest absolute Gasteiger partial charge is 0.0446 e. The van der Waals surface area contributed by atoms with Crippen molar-refractivity contribution in [3.8, 4) is 0 Å².